The van der Waals surface area contributed by atoms with Crippen LogP contribution in [0.3, 0.4) is 0 Å². The van der Waals surface area contributed by atoms with Gasteiger partial charge in [-0.15, -0.1) is 0 Å². The quantitative estimate of drug-likeness (QED) is 0.739. The molecule has 152 valence electrons. The number of hydrogen-bond donors (Lipinski definition) is 2. The molecule has 2 N–H and O–H groups in total. The van der Waals surface area contributed by atoms with Crippen molar-refractivity contribution in [2.24, 2.45) is 5.92 Å². The van der Waals surface area contributed by atoms with E-state index in [2.05, 4.69) is 17.6 Å². The fourth-order valence-corrected chi connectivity index (χ4v) is 5.12. The molecule has 1 aromatic rings. The van der Waals surface area contributed by atoms with Crippen LogP contribution >= 0.6 is 0 Å². The Morgan fingerprint density at radius 3 is 2.30 bits per heavy atom. The zero-order valence-corrected chi connectivity index (χ0v) is 17.7. The summed E-state index contributed by atoms with van der Waals surface area (Å²) in [6.07, 6.45) is 4.58. The van der Waals surface area contributed by atoms with Crippen LogP contribution in [0.1, 0.15) is 65.0 Å². The Morgan fingerprint density at radius 1 is 1.15 bits per heavy atom. The zero-order valence-electron chi connectivity index (χ0n) is 16.9. The number of carbonyl (C=O) groups excluding carboxylic acids is 1. The molecule has 1 aromatic carbocycles. The van der Waals surface area contributed by atoms with Gasteiger partial charge in [-0.2, -0.15) is 4.31 Å². The van der Waals surface area contributed by atoms with E-state index < -0.39 is 10.0 Å². The number of hydrogen-bond acceptors (Lipinski definition) is 3. The summed E-state index contributed by atoms with van der Waals surface area (Å²) in [4.78, 5) is 12.6. The van der Waals surface area contributed by atoms with E-state index in [4.69, 9.17) is 0 Å². The molecule has 1 aliphatic rings. The van der Waals surface area contributed by atoms with Gasteiger partial charge in [0.05, 0.1) is 10.9 Å². The van der Waals surface area contributed by atoms with E-state index in [0.717, 1.165) is 24.8 Å². The third-order valence-corrected chi connectivity index (χ3v) is 7.56. The second kappa shape index (κ2) is 9.55. The zero-order chi connectivity index (χ0) is 20.0. The van der Waals surface area contributed by atoms with Gasteiger partial charge in [0.25, 0.3) is 0 Å². The molecule has 2 rings (SSSR count). The number of amides is 2. The van der Waals surface area contributed by atoms with Gasteiger partial charge < -0.3 is 10.6 Å². The van der Waals surface area contributed by atoms with Crippen molar-refractivity contribution in [2.75, 3.05) is 13.1 Å². The fourth-order valence-electron chi connectivity index (χ4n) is 3.66. The molecule has 6 nitrogen and oxygen atoms in total. The van der Waals surface area contributed by atoms with Crippen LogP contribution in [0.15, 0.2) is 29.2 Å². The normalized spacial score (nSPS) is 21.7. The lowest BCUT2D eigenvalue weighted by atomic mass is 9.86. The number of nitrogens with zero attached hydrogens (tertiary/aromatic N) is 1. The Morgan fingerprint density at radius 2 is 1.74 bits per heavy atom. The van der Waals surface area contributed by atoms with Gasteiger partial charge in [0.2, 0.25) is 10.0 Å². The van der Waals surface area contributed by atoms with Crippen molar-refractivity contribution >= 4 is 16.1 Å². The SMILES string of the molecule is CCN(CC)S(=O)(=O)c1ccc([C@H](C)NC(=O)N[C@@H]2CCCC[C@H]2C)cc1. The van der Waals surface area contributed by atoms with Gasteiger partial charge in [0.1, 0.15) is 0 Å². The first-order valence-electron chi connectivity index (χ1n) is 9.96. The molecule has 0 saturated heterocycles. The smallest absolute Gasteiger partial charge is 0.315 e. The van der Waals surface area contributed by atoms with Crippen molar-refractivity contribution < 1.29 is 13.2 Å². The van der Waals surface area contributed by atoms with Crippen molar-refractivity contribution in [3.63, 3.8) is 0 Å². The molecule has 0 bridgehead atoms. The topological polar surface area (TPSA) is 78.5 Å². The van der Waals surface area contributed by atoms with E-state index in [1.54, 1.807) is 24.3 Å². The predicted molar refractivity (Wildman–Crippen MR) is 108 cm³/mol. The summed E-state index contributed by atoms with van der Waals surface area (Å²) in [5.41, 5.74) is 0.875. The van der Waals surface area contributed by atoms with E-state index >= 15 is 0 Å². The lowest BCUT2D eigenvalue weighted by molar-refractivity contribution is 0.219. The van der Waals surface area contributed by atoms with E-state index in [1.807, 2.05) is 20.8 Å². The van der Waals surface area contributed by atoms with Gasteiger partial charge in [-0.3, -0.25) is 0 Å². The number of benzene rings is 1. The number of urea groups is 1. The average Bonchev–Trinajstić information content (AvgIpc) is 2.64. The van der Waals surface area contributed by atoms with Crippen LogP contribution in [0.4, 0.5) is 4.79 Å². The molecule has 1 fully saturated rings. The predicted octanol–water partition coefficient (Wildman–Crippen LogP) is 3.66. The van der Waals surface area contributed by atoms with Crippen LogP contribution in [0, 0.1) is 5.92 Å². The van der Waals surface area contributed by atoms with Crippen molar-refractivity contribution in [1.82, 2.24) is 14.9 Å². The molecular formula is C20H33N3O3S. The first-order chi connectivity index (χ1) is 12.8. The molecule has 0 unspecified atom stereocenters. The third-order valence-electron chi connectivity index (χ3n) is 5.50. The van der Waals surface area contributed by atoms with Gasteiger partial charge >= 0.3 is 6.03 Å². The van der Waals surface area contributed by atoms with Gasteiger partial charge in [-0.25, -0.2) is 13.2 Å². The molecule has 2 amide bonds. The van der Waals surface area contributed by atoms with Crippen LogP contribution in [0.25, 0.3) is 0 Å². The highest BCUT2D eigenvalue weighted by atomic mass is 32.2. The largest absolute Gasteiger partial charge is 0.335 e. The second-order valence-corrected chi connectivity index (χ2v) is 9.30. The summed E-state index contributed by atoms with van der Waals surface area (Å²) >= 11 is 0. The minimum Gasteiger partial charge on any atom is -0.335 e. The van der Waals surface area contributed by atoms with Crippen LogP contribution in [0.5, 0.6) is 0 Å². The van der Waals surface area contributed by atoms with E-state index in [0.29, 0.717) is 19.0 Å². The number of sulfonamides is 1. The maximum Gasteiger partial charge on any atom is 0.315 e. The highest BCUT2D eigenvalue weighted by Gasteiger charge is 2.24. The Bertz CT molecular complexity index is 714. The van der Waals surface area contributed by atoms with E-state index in [1.165, 1.54) is 10.7 Å². The molecular weight excluding hydrogens is 362 g/mol. The number of nitrogens with one attached hydrogen (secondary N) is 2. The van der Waals surface area contributed by atoms with Crippen LogP contribution < -0.4 is 10.6 Å². The molecule has 0 heterocycles. The standard InChI is InChI=1S/C20H33N3O3S/c1-5-23(6-2)27(25,26)18-13-11-17(12-14-18)16(4)21-20(24)22-19-10-8-7-9-15(19)3/h11-16,19H,5-10H2,1-4H3,(H2,21,22,24)/t15-,16+,19-/m1/s1. The van der Waals surface area contributed by atoms with Crippen molar-refractivity contribution in [1.29, 1.82) is 0 Å². The first kappa shape index (κ1) is 21.7. The van der Waals surface area contributed by atoms with Crippen molar-refractivity contribution in [3.8, 4) is 0 Å². The average molecular weight is 396 g/mol. The molecule has 27 heavy (non-hydrogen) atoms. The third kappa shape index (κ3) is 5.45. The van der Waals surface area contributed by atoms with E-state index in [-0.39, 0.29) is 23.0 Å². The van der Waals surface area contributed by atoms with Crippen LogP contribution in [0.2, 0.25) is 0 Å². The minimum absolute atomic E-state index is 0.166. The molecule has 0 aromatic heterocycles. The summed E-state index contributed by atoms with van der Waals surface area (Å²) in [5, 5.41) is 6.04. The molecule has 0 radical (unpaired) electrons. The maximum atomic E-state index is 12.6. The monoisotopic (exact) mass is 395 g/mol. The Labute approximate surface area is 163 Å². The molecule has 1 aliphatic carbocycles. The number of carbonyl (C=O) groups is 1. The Hall–Kier alpha value is -1.60. The lowest BCUT2D eigenvalue weighted by Crippen LogP contribution is -2.46. The Balaban J connectivity index is 1.98. The fraction of sp³-hybridized carbons (Fsp3) is 0.650. The summed E-state index contributed by atoms with van der Waals surface area (Å²) in [7, 11) is -3.46. The second-order valence-electron chi connectivity index (χ2n) is 7.37. The highest BCUT2D eigenvalue weighted by molar-refractivity contribution is 7.89. The van der Waals surface area contributed by atoms with Crippen molar-refractivity contribution in [3.05, 3.63) is 29.8 Å². The van der Waals surface area contributed by atoms with Crippen LogP contribution in [-0.4, -0.2) is 37.9 Å². The maximum absolute atomic E-state index is 12.6. The molecule has 7 heteroatoms. The van der Waals surface area contributed by atoms with E-state index in [9.17, 15) is 13.2 Å². The molecule has 3 atom stereocenters. The van der Waals surface area contributed by atoms with Gasteiger partial charge in [-0.05, 0) is 43.4 Å². The summed E-state index contributed by atoms with van der Waals surface area (Å²) in [5.74, 6) is 0.504. The summed E-state index contributed by atoms with van der Waals surface area (Å²) in [6.45, 7) is 8.62. The van der Waals surface area contributed by atoms with Crippen LogP contribution in [-0.2, 0) is 10.0 Å². The summed E-state index contributed by atoms with van der Waals surface area (Å²) in [6, 6.07) is 6.63. The van der Waals surface area contributed by atoms with Gasteiger partial charge in [0.15, 0.2) is 0 Å². The summed E-state index contributed by atoms with van der Waals surface area (Å²) < 4.78 is 26.5. The highest BCUT2D eigenvalue weighted by Crippen LogP contribution is 2.24. The molecule has 1 saturated carbocycles. The minimum atomic E-state index is -3.46. The lowest BCUT2D eigenvalue weighted by Gasteiger charge is -2.30. The Kier molecular flexibility index (Phi) is 7.68. The molecule has 0 aliphatic heterocycles. The first-order valence-corrected chi connectivity index (χ1v) is 11.4. The molecule has 0 spiro atoms. The van der Waals surface area contributed by atoms with Crippen molar-refractivity contribution in [2.45, 2.75) is 70.4 Å². The number of rotatable bonds is 7. The van der Waals surface area contributed by atoms with Gasteiger partial charge in [-0.1, -0.05) is 45.7 Å². The van der Waals surface area contributed by atoms with Gasteiger partial charge in [0, 0.05) is 19.1 Å².